The Kier molecular flexibility index (Phi) is 7.36. The van der Waals surface area contributed by atoms with Gasteiger partial charge in [0, 0.05) is 45.7 Å². The van der Waals surface area contributed by atoms with E-state index < -0.39 is 0 Å². The maximum absolute atomic E-state index is 12.9. The van der Waals surface area contributed by atoms with Crippen molar-refractivity contribution in [1.82, 2.24) is 29.7 Å². The number of rotatable bonds is 7. The number of likely N-dealkylation sites (N-methyl/N-ethyl adjacent to an activating group) is 2. The summed E-state index contributed by atoms with van der Waals surface area (Å²) in [5.41, 5.74) is 0.0727. The fraction of sp³-hybridized carbons (Fsp3) is 0.818. The van der Waals surface area contributed by atoms with Crippen molar-refractivity contribution in [2.75, 3.05) is 60.4 Å². The molecule has 1 aromatic heterocycles. The number of piperidine rings is 1. The molecule has 174 valence electrons. The number of hydrogen-bond donors (Lipinski definition) is 0. The zero-order valence-corrected chi connectivity index (χ0v) is 19.9. The molecule has 0 radical (unpaired) electrons. The molecule has 1 aromatic rings. The van der Waals surface area contributed by atoms with Gasteiger partial charge in [-0.15, -0.1) is 0 Å². The monoisotopic (exact) mass is 434 g/mol. The third kappa shape index (κ3) is 5.63. The van der Waals surface area contributed by atoms with E-state index in [2.05, 4.69) is 19.9 Å². The minimum atomic E-state index is -0.0558. The Morgan fingerprint density at radius 2 is 1.87 bits per heavy atom. The molecule has 1 unspecified atom stereocenters. The smallest absolute Gasteiger partial charge is 0.244 e. The van der Waals surface area contributed by atoms with Crippen molar-refractivity contribution in [3.63, 3.8) is 0 Å². The van der Waals surface area contributed by atoms with Gasteiger partial charge in [-0.05, 0) is 45.7 Å². The van der Waals surface area contributed by atoms with Crippen LogP contribution in [0, 0.1) is 18.3 Å². The highest BCUT2D eigenvalue weighted by molar-refractivity contribution is 5.78. The lowest BCUT2D eigenvalue weighted by Gasteiger charge is -2.40. The quantitative estimate of drug-likeness (QED) is 0.641. The van der Waals surface area contributed by atoms with Gasteiger partial charge in [-0.3, -0.25) is 14.5 Å². The molecule has 0 bridgehead atoms. The van der Waals surface area contributed by atoms with Crippen LogP contribution >= 0.6 is 0 Å². The van der Waals surface area contributed by atoms with Gasteiger partial charge in [0.2, 0.25) is 17.7 Å². The molecule has 9 nitrogen and oxygen atoms in total. The molecule has 3 heterocycles. The van der Waals surface area contributed by atoms with Gasteiger partial charge < -0.3 is 19.2 Å². The molecule has 0 aliphatic carbocycles. The van der Waals surface area contributed by atoms with Crippen LogP contribution in [0.25, 0.3) is 0 Å². The molecule has 2 fully saturated rings. The Bertz CT molecular complexity index is 769. The normalized spacial score (nSPS) is 21.4. The van der Waals surface area contributed by atoms with Crippen LogP contribution in [0.1, 0.15) is 50.9 Å². The summed E-state index contributed by atoms with van der Waals surface area (Å²) < 4.78 is 5.53. The molecule has 2 aliphatic rings. The van der Waals surface area contributed by atoms with Crippen molar-refractivity contribution in [2.45, 2.75) is 46.1 Å². The second-order valence-electron chi connectivity index (χ2n) is 9.90. The van der Waals surface area contributed by atoms with Crippen LogP contribution in [0.3, 0.4) is 0 Å². The molecule has 0 aromatic carbocycles. The standard InChI is InChI=1S/C22H38N6O3/c1-16(2)21(30)27-9-7-22(8-10-27)13-18(20-23-17(3)24-31-20)28(15-22)14-19(29)26(6)12-11-25(4)5/h16,18H,7-15H2,1-6H3. The van der Waals surface area contributed by atoms with E-state index in [1.807, 2.05) is 46.8 Å². The third-order valence-corrected chi connectivity index (χ3v) is 6.71. The summed E-state index contributed by atoms with van der Waals surface area (Å²) in [6, 6.07) is -0.0558. The number of amides is 2. The van der Waals surface area contributed by atoms with Crippen LogP contribution in [-0.4, -0.2) is 102 Å². The third-order valence-electron chi connectivity index (χ3n) is 6.71. The summed E-state index contributed by atoms with van der Waals surface area (Å²) in [5.74, 6) is 1.57. The highest BCUT2D eigenvalue weighted by Crippen LogP contribution is 2.48. The topological polar surface area (TPSA) is 86.0 Å². The molecular formula is C22H38N6O3. The van der Waals surface area contributed by atoms with Gasteiger partial charge in [0.1, 0.15) is 0 Å². The van der Waals surface area contributed by atoms with Crippen molar-refractivity contribution >= 4 is 11.8 Å². The van der Waals surface area contributed by atoms with Gasteiger partial charge >= 0.3 is 0 Å². The molecule has 2 saturated heterocycles. The lowest BCUT2D eigenvalue weighted by Crippen LogP contribution is -2.46. The first-order chi connectivity index (χ1) is 14.6. The highest BCUT2D eigenvalue weighted by atomic mass is 16.5. The lowest BCUT2D eigenvalue weighted by molar-refractivity contribution is -0.136. The average molecular weight is 435 g/mol. The Labute approximate surface area is 185 Å². The van der Waals surface area contributed by atoms with E-state index in [1.54, 1.807) is 4.90 Å². The van der Waals surface area contributed by atoms with Crippen LogP contribution in [0.5, 0.6) is 0 Å². The Hall–Kier alpha value is -2.00. The number of aromatic nitrogens is 2. The second kappa shape index (κ2) is 9.65. The van der Waals surface area contributed by atoms with E-state index in [1.165, 1.54) is 0 Å². The van der Waals surface area contributed by atoms with E-state index in [0.29, 0.717) is 24.8 Å². The van der Waals surface area contributed by atoms with Crippen LogP contribution in [0.2, 0.25) is 0 Å². The van der Waals surface area contributed by atoms with Gasteiger partial charge in [0.15, 0.2) is 5.82 Å². The van der Waals surface area contributed by atoms with E-state index in [0.717, 1.165) is 45.4 Å². The molecular weight excluding hydrogens is 396 g/mol. The number of aryl methyl sites for hydroxylation is 1. The van der Waals surface area contributed by atoms with Gasteiger partial charge in [-0.2, -0.15) is 4.98 Å². The zero-order valence-electron chi connectivity index (χ0n) is 19.9. The van der Waals surface area contributed by atoms with Crippen LogP contribution in [-0.2, 0) is 9.59 Å². The van der Waals surface area contributed by atoms with Crippen molar-refractivity contribution < 1.29 is 14.1 Å². The maximum Gasteiger partial charge on any atom is 0.244 e. The number of nitrogens with zero attached hydrogens (tertiary/aromatic N) is 6. The molecule has 9 heteroatoms. The molecule has 31 heavy (non-hydrogen) atoms. The Morgan fingerprint density at radius 3 is 2.42 bits per heavy atom. The molecule has 1 atom stereocenters. The number of carbonyl (C=O) groups excluding carboxylic acids is 2. The molecule has 1 spiro atoms. The first-order valence-electron chi connectivity index (χ1n) is 11.3. The summed E-state index contributed by atoms with van der Waals surface area (Å²) in [7, 11) is 5.87. The van der Waals surface area contributed by atoms with E-state index >= 15 is 0 Å². The van der Waals surface area contributed by atoms with Gasteiger partial charge in [0.05, 0.1) is 12.6 Å². The Morgan fingerprint density at radius 1 is 1.19 bits per heavy atom. The highest BCUT2D eigenvalue weighted by Gasteiger charge is 2.48. The predicted octanol–water partition coefficient (Wildman–Crippen LogP) is 1.41. The molecule has 0 N–H and O–H groups in total. The van der Waals surface area contributed by atoms with Gasteiger partial charge in [0.25, 0.3) is 0 Å². The number of carbonyl (C=O) groups is 2. The molecule has 2 amide bonds. The zero-order chi connectivity index (χ0) is 22.8. The lowest BCUT2D eigenvalue weighted by atomic mass is 9.76. The van der Waals surface area contributed by atoms with E-state index in [9.17, 15) is 9.59 Å². The molecule has 0 saturated carbocycles. The predicted molar refractivity (Wildman–Crippen MR) is 117 cm³/mol. The molecule has 3 rings (SSSR count). The summed E-state index contributed by atoms with van der Waals surface area (Å²) in [6.45, 7) is 9.96. The van der Waals surface area contributed by atoms with E-state index in [-0.39, 0.29) is 29.2 Å². The first kappa shape index (κ1) is 23.7. The first-order valence-corrected chi connectivity index (χ1v) is 11.3. The van der Waals surface area contributed by atoms with Gasteiger partial charge in [-0.25, -0.2) is 0 Å². The maximum atomic E-state index is 12.9. The van der Waals surface area contributed by atoms with Crippen molar-refractivity contribution in [2.24, 2.45) is 11.3 Å². The van der Waals surface area contributed by atoms with E-state index in [4.69, 9.17) is 4.52 Å². The van der Waals surface area contributed by atoms with Crippen molar-refractivity contribution in [3.05, 3.63) is 11.7 Å². The summed E-state index contributed by atoms with van der Waals surface area (Å²) in [4.78, 5) is 37.9. The summed E-state index contributed by atoms with van der Waals surface area (Å²) in [5, 5.41) is 3.98. The van der Waals surface area contributed by atoms with Crippen LogP contribution in [0.4, 0.5) is 0 Å². The number of hydrogen-bond acceptors (Lipinski definition) is 7. The fourth-order valence-corrected chi connectivity index (χ4v) is 4.70. The van der Waals surface area contributed by atoms with Crippen molar-refractivity contribution in [1.29, 1.82) is 0 Å². The van der Waals surface area contributed by atoms with Crippen LogP contribution in [0.15, 0.2) is 4.52 Å². The largest absolute Gasteiger partial charge is 0.343 e. The number of likely N-dealkylation sites (tertiary alicyclic amines) is 2. The SMILES string of the molecule is Cc1noc(C2CC3(CCN(C(=O)C(C)C)CC3)CN2CC(=O)N(C)CCN(C)C)n1. The minimum Gasteiger partial charge on any atom is -0.343 e. The Balaban J connectivity index is 1.70. The summed E-state index contributed by atoms with van der Waals surface area (Å²) >= 11 is 0. The minimum absolute atomic E-state index is 0.0265. The van der Waals surface area contributed by atoms with Crippen molar-refractivity contribution in [3.8, 4) is 0 Å². The summed E-state index contributed by atoms with van der Waals surface area (Å²) in [6.07, 6.45) is 2.76. The van der Waals surface area contributed by atoms with Gasteiger partial charge in [-0.1, -0.05) is 19.0 Å². The average Bonchev–Trinajstić information content (AvgIpc) is 3.29. The fourth-order valence-electron chi connectivity index (χ4n) is 4.70. The van der Waals surface area contributed by atoms with Crippen LogP contribution < -0.4 is 0 Å². The second-order valence-corrected chi connectivity index (χ2v) is 9.90. The molecule has 2 aliphatic heterocycles.